The molecular weight excluding hydrogens is 278 g/mol. The van der Waals surface area contributed by atoms with Gasteiger partial charge >= 0.3 is 0 Å². The molecule has 0 aromatic heterocycles. The second kappa shape index (κ2) is 15.0. The largest absolute Gasteiger partial charge is 0.257 e. The summed E-state index contributed by atoms with van der Waals surface area (Å²) in [5, 5.41) is 0. The van der Waals surface area contributed by atoms with Crippen molar-refractivity contribution in [2.24, 2.45) is 10.4 Å². The van der Waals surface area contributed by atoms with Gasteiger partial charge in [-0.25, -0.2) is 0 Å². The molecule has 0 aliphatic heterocycles. The molecule has 0 amide bonds. The van der Waals surface area contributed by atoms with Gasteiger partial charge in [-0.2, -0.15) is 0 Å². The van der Waals surface area contributed by atoms with Gasteiger partial charge in [0.25, 0.3) is 0 Å². The van der Waals surface area contributed by atoms with Crippen molar-refractivity contribution in [3.63, 3.8) is 0 Å². The molecule has 23 heavy (non-hydrogen) atoms. The highest BCUT2D eigenvalue weighted by Gasteiger charge is 2.13. The van der Waals surface area contributed by atoms with Crippen LogP contribution in [0.15, 0.2) is 77.5 Å². The highest BCUT2D eigenvalue weighted by atomic mass is 14.7. The molecule has 1 heteroatoms. The highest BCUT2D eigenvalue weighted by Crippen LogP contribution is 2.23. The number of allylic oxidation sites excluding steroid dienone is 10. The van der Waals surface area contributed by atoms with Gasteiger partial charge in [-0.05, 0) is 37.3 Å². The average Bonchev–Trinajstić information content (AvgIpc) is 2.53. The van der Waals surface area contributed by atoms with Crippen molar-refractivity contribution >= 4 is 6.21 Å². The van der Waals surface area contributed by atoms with E-state index >= 15 is 0 Å². The van der Waals surface area contributed by atoms with E-state index in [-0.39, 0.29) is 5.41 Å². The molecule has 0 atom stereocenters. The molecule has 0 aromatic carbocycles. The summed E-state index contributed by atoms with van der Waals surface area (Å²) in [6.45, 7) is 18.3. The predicted octanol–water partition coefficient (Wildman–Crippen LogP) is 7.22. The fourth-order valence-electron chi connectivity index (χ4n) is 1.62. The Balaban J connectivity index is 0. The molecule has 0 aliphatic rings. The Hall–Kier alpha value is -1.89. The Labute approximate surface area is 144 Å². The summed E-state index contributed by atoms with van der Waals surface area (Å²) in [6, 6.07) is 0. The van der Waals surface area contributed by atoms with Crippen molar-refractivity contribution in [2.75, 3.05) is 0 Å². The van der Waals surface area contributed by atoms with Crippen molar-refractivity contribution in [3.8, 4) is 0 Å². The van der Waals surface area contributed by atoms with Crippen molar-refractivity contribution in [2.45, 2.75) is 54.9 Å². The second-order valence-corrected chi connectivity index (χ2v) is 5.65. The van der Waals surface area contributed by atoms with Crippen LogP contribution in [0.1, 0.15) is 54.9 Å². The van der Waals surface area contributed by atoms with Crippen molar-refractivity contribution < 1.29 is 0 Å². The lowest BCUT2D eigenvalue weighted by Crippen LogP contribution is -2.10. The number of hydrogen-bond acceptors (Lipinski definition) is 1. The van der Waals surface area contributed by atoms with Crippen LogP contribution >= 0.6 is 0 Å². The minimum absolute atomic E-state index is 0.123. The zero-order valence-electron chi connectivity index (χ0n) is 16.1. The first-order valence-electron chi connectivity index (χ1n) is 8.43. The number of nitrogens with zero attached hydrogens (tertiary/aromatic N) is 1. The van der Waals surface area contributed by atoms with Crippen LogP contribution in [0, 0.1) is 5.41 Å². The third-order valence-electron chi connectivity index (χ3n) is 2.88. The normalized spacial score (nSPS) is 14.0. The maximum Gasteiger partial charge on any atom is 0.0587 e. The molecule has 0 rings (SSSR count). The molecule has 0 radical (unpaired) electrons. The lowest BCUT2D eigenvalue weighted by Gasteiger charge is -2.19. The Kier molecular flexibility index (Phi) is 15.3. The van der Waals surface area contributed by atoms with E-state index in [2.05, 4.69) is 57.5 Å². The lowest BCUT2D eigenvalue weighted by molar-refractivity contribution is 0.526. The van der Waals surface area contributed by atoms with Crippen LogP contribution in [0.4, 0.5) is 0 Å². The molecular formula is C22H35N. The van der Waals surface area contributed by atoms with Crippen LogP contribution in [0.5, 0.6) is 0 Å². The maximum atomic E-state index is 4.55. The van der Waals surface area contributed by atoms with Gasteiger partial charge in [-0.1, -0.05) is 89.8 Å². The van der Waals surface area contributed by atoms with Gasteiger partial charge in [0.15, 0.2) is 0 Å². The minimum atomic E-state index is 0.123. The molecule has 0 heterocycles. The molecule has 0 bridgehead atoms. The summed E-state index contributed by atoms with van der Waals surface area (Å²) in [7, 11) is 0. The third kappa shape index (κ3) is 13.5. The third-order valence-corrected chi connectivity index (χ3v) is 2.88. The molecule has 0 aliphatic carbocycles. The van der Waals surface area contributed by atoms with Crippen molar-refractivity contribution in [3.05, 3.63) is 72.5 Å². The zero-order chi connectivity index (χ0) is 18.1. The highest BCUT2D eigenvalue weighted by molar-refractivity contribution is 5.81. The summed E-state index contributed by atoms with van der Waals surface area (Å²) < 4.78 is 0. The van der Waals surface area contributed by atoms with E-state index in [1.807, 2.05) is 57.4 Å². The Morgan fingerprint density at radius 2 is 1.57 bits per heavy atom. The second-order valence-electron chi connectivity index (χ2n) is 5.65. The lowest BCUT2D eigenvalue weighted by atomic mass is 9.87. The van der Waals surface area contributed by atoms with Crippen LogP contribution < -0.4 is 0 Å². The minimum Gasteiger partial charge on any atom is -0.257 e. The first-order chi connectivity index (χ1) is 11.0. The monoisotopic (exact) mass is 313 g/mol. The zero-order valence-corrected chi connectivity index (χ0v) is 16.1. The van der Waals surface area contributed by atoms with Gasteiger partial charge in [-0.3, -0.25) is 4.99 Å². The Morgan fingerprint density at radius 3 is 2.04 bits per heavy atom. The first-order valence-corrected chi connectivity index (χ1v) is 8.43. The van der Waals surface area contributed by atoms with E-state index in [9.17, 15) is 0 Å². The molecule has 0 saturated carbocycles. The number of rotatable bonds is 7. The fourth-order valence-corrected chi connectivity index (χ4v) is 1.62. The van der Waals surface area contributed by atoms with Gasteiger partial charge in [0.05, 0.1) is 5.70 Å². The topological polar surface area (TPSA) is 12.4 Å². The van der Waals surface area contributed by atoms with E-state index in [0.717, 1.165) is 12.1 Å². The molecule has 0 saturated heterocycles. The average molecular weight is 314 g/mol. The predicted molar refractivity (Wildman–Crippen MR) is 109 cm³/mol. The van der Waals surface area contributed by atoms with Crippen LogP contribution in [0.25, 0.3) is 0 Å². The Bertz CT molecular complexity index is 475. The summed E-state index contributed by atoms with van der Waals surface area (Å²) in [6.07, 6.45) is 20.9. The van der Waals surface area contributed by atoms with Crippen LogP contribution in [-0.4, -0.2) is 6.21 Å². The van der Waals surface area contributed by atoms with Gasteiger partial charge in [0, 0.05) is 6.21 Å². The van der Waals surface area contributed by atoms with Gasteiger partial charge < -0.3 is 0 Å². The van der Waals surface area contributed by atoms with E-state index < -0.39 is 0 Å². The van der Waals surface area contributed by atoms with E-state index in [1.54, 1.807) is 6.08 Å². The number of hydrogen-bond donors (Lipinski definition) is 0. The van der Waals surface area contributed by atoms with Crippen LogP contribution in [0.3, 0.4) is 0 Å². The summed E-state index contributed by atoms with van der Waals surface area (Å²) in [4.78, 5) is 4.55. The summed E-state index contributed by atoms with van der Waals surface area (Å²) in [5.74, 6) is 0. The number of aliphatic imine (C=N–C) groups is 1. The first kappa shape index (κ1) is 23.4. The van der Waals surface area contributed by atoms with Crippen LogP contribution in [0.2, 0.25) is 0 Å². The quantitative estimate of drug-likeness (QED) is 0.347. The molecule has 0 aromatic rings. The van der Waals surface area contributed by atoms with Crippen LogP contribution in [-0.2, 0) is 0 Å². The van der Waals surface area contributed by atoms with E-state index in [0.29, 0.717) is 0 Å². The summed E-state index contributed by atoms with van der Waals surface area (Å²) >= 11 is 0. The van der Waals surface area contributed by atoms with Gasteiger partial charge in [-0.15, -0.1) is 0 Å². The van der Waals surface area contributed by atoms with E-state index in [4.69, 9.17) is 0 Å². The smallest absolute Gasteiger partial charge is 0.0587 e. The maximum absolute atomic E-state index is 4.55. The molecule has 0 fully saturated rings. The molecule has 128 valence electrons. The Morgan fingerprint density at radius 1 is 0.957 bits per heavy atom. The SMILES string of the molecule is C=C/C=C\C/C=C/C=C\C(=C/C)\N=C\C(=C/C)C(C)(C)C.CC. The van der Waals surface area contributed by atoms with Crippen molar-refractivity contribution in [1.29, 1.82) is 0 Å². The fraction of sp³-hybridized carbons (Fsp3) is 0.409. The van der Waals surface area contributed by atoms with Gasteiger partial charge in [0.1, 0.15) is 0 Å². The molecule has 0 N–H and O–H groups in total. The van der Waals surface area contributed by atoms with Crippen molar-refractivity contribution in [1.82, 2.24) is 0 Å². The van der Waals surface area contributed by atoms with E-state index in [1.165, 1.54) is 5.57 Å². The standard InChI is InChI=1S/C20H29N.C2H6/c1-7-10-11-12-13-14-15-16-19(9-3)21-17-18(8-2)20(4,5)6;1-2/h7-11,13-17H,1,12H2,2-6H3;1-2H3/b11-10-,14-13+,16-15-,18-8+,19-9+,21-17+;. The summed E-state index contributed by atoms with van der Waals surface area (Å²) in [5.41, 5.74) is 2.32. The molecule has 0 spiro atoms. The molecule has 0 unspecified atom stereocenters. The molecule has 1 nitrogen and oxygen atoms in total. The van der Waals surface area contributed by atoms with Gasteiger partial charge in [0.2, 0.25) is 0 Å².